The van der Waals surface area contributed by atoms with Crippen molar-refractivity contribution in [1.82, 2.24) is 10.2 Å². The lowest BCUT2D eigenvalue weighted by molar-refractivity contribution is 0.102. The third kappa shape index (κ3) is 3.58. The highest BCUT2D eigenvalue weighted by Crippen LogP contribution is 2.31. The second-order valence-corrected chi connectivity index (χ2v) is 6.69. The fourth-order valence-corrected chi connectivity index (χ4v) is 3.59. The number of hydrogen-bond donors (Lipinski definition) is 2. The number of ether oxygens (including phenoxy) is 1. The molecule has 0 aliphatic heterocycles. The minimum atomic E-state index is -0.137. The van der Waals surface area contributed by atoms with Crippen molar-refractivity contribution in [2.24, 2.45) is 0 Å². The van der Waals surface area contributed by atoms with Crippen LogP contribution in [0.25, 0.3) is 11.3 Å². The summed E-state index contributed by atoms with van der Waals surface area (Å²) in [5.74, 6) is 0.654. The zero-order chi connectivity index (χ0) is 18.6. The minimum Gasteiger partial charge on any atom is -0.494 e. The number of aryl methyl sites for hydroxylation is 1. The molecule has 3 aromatic rings. The van der Waals surface area contributed by atoms with Crippen LogP contribution >= 0.6 is 0 Å². The summed E-state index contributed by atoms with van der Waals surface area (Å²) in [6.45, 7) is 2.56. The van der Waals surface area contributed by atoms with Gasteiger partial charge in [0.25, 0.3) is 5.91 Å². The molecule has 0 radical (unpaired) electrons. The van der Waals surface area contributed by atoms with E-state index < -0.39 is 0 Å². The number of rotatable bonds is 5. The van der Waals surface area contributed by atoms with Crippen LogP contribution in [0, 0.1) is 0 Å². The van der Waals surface area contributed by atoms with Crippen molar-refractivity contribution in [2.45, 2.75) is 32.6 Å². The highest BCUT2D eigenvalue weighted by molar-refractivity contribution is 6.08. The summed E-state index contributed by atoms with van der Waals surface area (Å²) in [5.41, 5.74) is 5.61. The Morgan fingerprint density at radius 1 is 1.11 bits per heavy atom. The molecule has 0 atom stereocenters. The van der Waals surface area contributed by atoms with Gasteiger partial charge in [0, 0.05) is 28.1 Å². The van der Waals surface area contributed by atoms with Crippen LogP contribution in [0.4, 0.5) is 5.69 Å². The quantitative estimate of drug-likeness (QED) is 0.697. The molecule has 0 bridgehead atoms. The number of benzene rings is 2. The maximum Gasteiger partial charge on any atom is 0.256 e. The number of aromatic nitrogens is 2. The van der Waals surface area contributed by atoms with E-state index in [1.165, 1.54) is 24.1 Å². The fourth-order valence-electron chi connectivity index (χ4n) is 3.59. The average molecular weight is 361 g/mol. The van der Waals surface area contributed by atoms with Crippen molar-refractivity contribution in [2.75, 3.05) is 11.9 Å². The average Bonchev–Trinajstić information content (AvgIpc) is 3.14. The molecule has 2 N–H and O–H groups in total. The summed E-state index contributed by atoms with van der Waals surface area (Å²) in [5, 5.41) is 10.7. The molecule has 1 amide bonds. The predicted octanol–water partition coefficient (Wildman–Crippen LogP) is 4.61. The number of H-pyrrole nitrogens is 1. The van der Waals surface area contributed by atoms with E-state index in [0.717, 1.165) is 35.5 Å². The largest absolute Gasteiger partial charge is 0.494 e. The summed E-state index contributed by atoms with van der Waals surface area (Å²) in [7, 11) is 0. The van der Waals surface area contributed by atoms with Crippen molar-refractivity contribution in [1.29, 1.82) is 0 Å². The van der Waals surface area contributed by atoms with E-state index in [1.54, 1.807) is 0 Å². The van der Waals surface area contributed by atoms with Gasteiger partial charge >= 0.3 is 0 Å². The van der Waals surface area contributed by atoms with Gasteiger partial charge in [0.15, 0.2) is 0 Å². The van der Waals surface area contributed by atoms with Gasteiger partial charge in [-0.05, 0) is 62.9 Å². The third-order valence-electron chi connectivity index (χ3n) is 4.91. The molecule has 0 fully saturated rings. The van der Waals surface area contributed by atoms with Gasteiger partial charge in [-0.2, -0.15) is 5.10 Å². The van der Waals surface area contributed by atoms with Crippen LogP contribution in [0.3, 0.4) is 0 Å². The highest BCUT2D eigenvalue weighted by Gasteiger charge is 2.21. The molecule has 2 aromatic carbocycles. The standard InChI is InChI=1S/C22H23N3O2/c1-2-27-16-13-11-15(12-14-16)23-22(26)18-8-4-3-7-17(18)21-19-9-5-6-10-20(19)24-25-21/h3-4,7-8,11-14H,2,5-6,9-10H2,1H3,(H,23,26)(H,24,25). The lowest BCUT2D eigenvalue weighted by Gasteiger charge is -2.13. The van der Waals surface area contributed by atoms with Crippen molar-refractivity contribution in [3.05, 3.63) is 65.4 Å². The van der Waals surface area contributed by atoms with E-state index >= 15 is 0 Å². The molecule has 0 saturated carbocycles. The van der Waals surface area contributed by atoms with E-state index in [2.05, 4.69) is 15.5 Å². The Bertz CT molecular complexity index is 944. The van der Waals surface area contributed by atoms with Crippen LogP contribution in [-0.4, -0.2) is 22.7 Å². The molecule has 0 spiro atoms. The molecule has 0 unspecified atom stereocenters. The first-order chi connectivity index (χ1) is 13.3. The van der Waals surface area contributed by atoms with E-state index in [-0.39, 0.29) is 5.91 Å². The number of carbonyl (C=O) groups excluding carboxylic acids is 1. The van der Waals surface area contributed by atoms with Gasteiger partial charge in [-0.15, -0.1) is 0 Å². The summed E-state index contributed by atoms with van der Waals surface area (Å²) in [4.78, 5) is 12.9. The van der Waals surface area contributed by atoms with E-state index in [1.807, 2.05) is 55.5 Å². The Balaban J connectivity index is 1.61. The van der Waals surface area contributed by atoms with Crippen LogP contribution in [0.5, 0.6) is 5.75 Å². The van der Waals surface area contributed by atoms with Gasteiger partial charge in [-0.25, -0.2) is 0 Å². The summed E-state index contributed by atoms with van der Waals surface area (Å²) in [6, 6.07) is 15.1. The highest BCUT2D eigenvalue weighted by atomic mass is 16.5. The second-order valence-electron chi connectivity index (χ2n) is 6.69. The number of nitrogens with zero attached hydrogens (tertiary/aromatic N) is 1. The minimum absolute atomic E-state index is 0.137. The molecule has 4 rings (SSSR count). The molecular weight excluding hydrogens is 338 g/mol. The third-order valence-corrected chi connectivity index (χ3v) is 4.91. The second kappa shape index (κ2) is 7.66. The number of amides is 1. The number of fused-ring (bicyclic) bond motifs is 1. The lowest BCUT2D eigenvalue weighted by Crippen LogP contribution is -2.13. The monoisotopic (exact) mass is 361 g/mol. The zero-order valence-electron chi connectivity index (χ0n) is 15.4. The van der Waals surface area contributed by atoms with Gasteiger partial charge in [-0.1, -0.05) is 18.2 Å². The first kappa shape index (κ1) is 17.3. The van der Waals surface area contributed by atoms with Gasteiger partial charge in [0.05, 0.1) is 12.3 Å². The molecule has 0 saturated heterocycles. The molecule has 138 valence electrons. The zero-order valence-corrected chi connectivity index (χ0v) is 15.4. The molecule has 1 heterocycles. The predicted molar refractivity (Wildman–Crippen MR) is 106 cm³/mol. The maximum atomic E-state index is 12.9. The maximum absolute atomic E-state index is 12.9. The Morgan fingerprint density at radius 2 is 1.89 bits per heavy atom. The Kier molecular flexibility index (Phi) is 4.92. The van der Waals surface area contributed by atoms with E-state index in [4.69, 9.17) is 4.74 Å². The molecular formula is C22H23N3O2. The summed E-state index contributed by atoms with van der Waals surface area (Å²) in [6.07, 6.45) is 4.40. The first-order valence-electron chi connectivity index (χ1n) is 9.46. The fraction of sp³-hybridized carbons (Fsp3) is 0.273. The first-order valence-corrected chi connectivity index (χ1v) is 9.46. The Hall–Kier alpha value is -3.08. The summed E-state index contributed by atoms with van der Waals surface area (Å²) < 4.78 is 5.45. The van der Waals surface area contributed by atoms with Gasteiger partial charge in [0.2, 0.25) is 0 Å². The smallest absolute Gasteiger partial charge is 0.256 e. The van der Waals surface area contributed by atoms with Crippen LogP contribution in [-0.2, 0) is 12.8 Å². The number of hydrogen-bond acceptors (Lipinski definition) is 3. The van der Waals surface area contributed by atoms with Crippen LogP contribution in [0.15, 0.2) is 48.5 Å². The van der Waals surface area contributed by atoms with Crippen molar-refractivity contribution >= 4 is 11.6 Å². The topological polar surface area (TPSA) is 67.0 Å². The summed E-state index contributed by atoms with van der Waals surface area (Å²) >= 11 is 0. The van der Waals surface area contributed by atoms with Crippen molar-refractivity contribution in [3.63, 3.8) is 0 Å². The normalized spacial score (nSPS) is 13.1. The van der Waals surface area contributed by atoms with Crippen molar-refractivity contribution in [3.8, 4) is 17.0 Å². The molecule has 1 aromatic heterocycles. The van der Waals surface area contributed by atoms with Gasteiger partial charge in [0.1, 0.15) is 5.75 Å². The number of nitrogens with one attached hydrogen (secondary N) is 2. The van der Waals surface area contributed by atoms with Gasteiger partial charge in [-0.3, -0.25) is 9.89 Å². The van der Waals surface area contributed by atoms with Crippen LogP contribution in [0.1, 0.15) is 41.4 Å². The molecule has 5 heteroatoms. The van der Waals surface area contributed by atoms with E-state index in [0.29, 0.717) is 12.2 Å². The Morgan fingerprint density at radius 3 is 2.70 bits per heavy atom. The molecule has 1 aliphatic rings. The molecule has 1 aliphatic carbocycles. The van der Waals surface area contributed by atoms with Crippen molar-refractivity contribution < 1.29 is 9.53 Å². The molecule has 5 nitrogen and oxygen atoms in total. The molecule has 27 heavy (non-hydrogen) atoms. The SMILES string of the molecule is CCOc1ccc(NC(=O)c2ccccc2-c2n[nH]c3c2CCCC3)cc1. The number of aromatic amines is 1. The van der Waals surface area contributed by atoms with Crippen LogP contribution in [0.2, 0.25) is 0 Å². The number of carbonyl (C=O) groups is 1. The van der Waals surface area contributed by atoms with Crippen LogP contribution < -0.4 is 10.1 Å². The lowest BCUT2D eigenvalue weighted by atomic mass is 9.92. The van der Waals surface area contributed by atoms with Gasteiger partial charge < -0.3 is 10.1 Å². The van der Waals surface area contributed by atoms with E-state index in [9.17, 15) is 4.79 Å². The Labute approximate surface area is 158 Å². The number of anilines is 1.